The van der Waals surface area contributed by atoms with Crippen LogP contribution in [0.25, 0.3) is 0 Å². The molecule has 0 spiro atoms. The van der Waals surface area contributed by atoms with Crippen LogP contribution in [0.15, 0.2) is 65.6 Å². The standard InChI is InChI=1S/C32H34Cl2FN3O6S/c1-2-28(32(40)36-22-6-3-4-7-22)37(19-25-26(33)8-5-9-27(25)34)31(39)20-38(23-12-10-21(35)11-13-23)45(41,42)24-14-15-29-30(18-24)44-17-16-43-29/h5,8-15,18,22,28H,2-4,6-7,16-17,19-20H2,1H3,(H,36,40)/t28-/m0/s1. The van der Waals surface area contributed by atoms with Crippen molar-refractivity contribution in [1.29, 1.82) is 0 Å². The summed E-state index contributed by atoms with van der Waals surface area (Å²) in [6.45, 7) is 1.51. The fourth-order valence-electron chi connectivity index (χ4n) is 5.59. The minimum absolute atomic E-state index is 0.00120. The highest BCUT2D eigenvalue weighted by Crippen LogP contribution is 2.35. The highest BCUT2D eigenvalue weighted by molar-refractivity contribution is 7.92. The molecule has 0 aromatic heterocycles. The zero-order valence-corrected chi connectivity index (χ0v) is 27.0. The Morgan fingerprint density at radius 1 is 0.978 bits per heavy atom. The molecule has 1 saturated carbocycles. The summed E-state index contributed by atoms with van der Waals surface area (Å²) in [4.78, 5) is 29.1. The molecule has 240 valence electrons. The van der Waals surface area contributed by atoms with Crippen LogP contribution in [0.5, 0.6) is 11.5 Å². The highest BCUT2D eigenvalue weighted by Gasteiger charge is 2.35. The summed E-state index contributed by atoms with van der Waals surface area (Å²) in [6, 6.07) is 12.9. The van der Waals surface area contributed by atoms with Gasteiger partial charge in [0.2, 0.25) is 11.8 Å². The lowest BCUT2D eigenvalue weighted by atomic mass is 10.1. The summed E-state index contributed by atoms with van der Waals surface area (Å²) in [5, 5.41) is 3.65. The first-order valence-electron chi connectivity index (χ1n) is 14.8. The van der Waals surface area contributed by atoms with E-state index in [2.05, 4.69) is 5.32 Å². The van der Waals surface area contributed by atoms with Crippen LogP contribution in [0, 0.1) is 5.82 Å². The van der Waals surface area contributed by atoms with Gasteiger partial charge in [-0.2, -0.15) is 0 Å². The summed E-state index contributed by atoms with van der Waals surface area (Å²) in [5.74, 6) is -0.955. The first-order valence-corrected chi connectivity index (χ1v) is 17.0. The number of carbonyl (C=O) groups is 2. The Morgan fingerprint density at radius 2 is 1.62 bits per heavy atom. The minimum atomic E-state index is -4.41. The lowest BCUT2D eigenvalue weighted by Gasteiger charge is -2.34. The lowest BCUT2D eigenvalue weighted by Crippen LogP contribution is -2.53. The summed E-state index contributed by atoms with van der Waals surface area (Å²) in [5.41, 5.74) is 0.475. The topological polar surface area (TPSA) is 105 Å². The van der Waals surface area contributed by atoms with E-state index in [0.29, 0.717) is 28.0 Å². The number of hydrogen-bond donors (Lipinski definition) is 1. The molecule has 13 heteroatoms. The Bertz CT molecular complexity index is 1630. The van der Waals surface area contributed by atoms with Crippen molar-refractivity contribution in [2.24, 2.45) is 0 Å². The normalized spacial score (nSPS) is 15.4. The van der Waals surface area contributed by atoms with E-state index >= 15 is 0 Å². The predicted octanol–water partition coefficient (Wildman–Crippen LogP) is 5.97. The number of nitrogens with zero attached hydrogens (tertiary/aromatic N) is 2. The van der Waals surface area contributed by atoms with Crippen LogP contribution in [-0.2, 0) is 26.2 Å². The van der Waals surface area contributed by atoms with Crippen LogP contribution < -0.4 is 19.1 Å². The summed E-state index contributed by atoms with van der Waals surface area (Å²) in [7, 11) is -4.41. The van der Waals surface area contributed by atoms with Crippen LogP contribution in [0.4, 0.5) is 10.1 Å². The molecule has 1 aliphatic carbocycles. The molecule has 1 heterocycles. The van der Waals surface area contributed by atoms with E-state index < -0.39 is 34.3 Å². The maximum absolute atomic E-state index is 14.3. The van der Waals surface area contributed by atoms with E-state index in [1.54, 1.807) is 25.1 Å². The van der Waals surface area contributed by atoms with Gasteiger partial charge in [0.1, 0.15) is 31.6 Å². The molecular formula is C32H34Cl2FN3O6S. The van der Waals surface area contributed by atoms with E-state index in [0.717, 1.165) is 42.1 Å². The van der Waals surface area contributed by atoms with Gasteiger partial charge in [-0.3, -0.25) is 13.9 Å². The molecule has 2 amide bonds. The Labute approximate surface area is 272 Å². The molecule has 45 heavy (non-hydrogen) atoms. The fraction of sp³-hybridized carbons (Fsp3) is 0.375. The van der Waals surface area contributed by atoms with Crippen molar-refractivity contribution in [3.05, 3.63) is 82.1 Å². The number of fused-ring (bicyclic) bond motifs is 1. The Morgan fingerprint density at radius 3 is 2.27 bits per heavy atom. The van der Waals surface area contributed by atoms with Gasteiger partial charge in [-0.05, 0) is 67.8 Å². The number of halogens is 3. The molecule has 0 unspecified atom stereocenters. The molecule has 1 N–H and O–H groups in total. The minimum Gasteiger partial charge on any atom is -0.486 e. The van der Waals surface area contributed by atoms with Gasteiger partial charge in [0, 0.05) is 34.3 Å². The number of rotatable bonds is 11. The monoisotopic (exact) mass is 677 g/mol. The summed E-state index contributed by atoms with van der Waals surface area (Å²) >= 11 is 13.0. The number of benzene rings is 3. The molecule has 9 nitrogen and oxygen atoms in total. The number of ether oxygens (including phenoxy) is 2. The van der Waals surface area contributed by atoms with Crippen LogP contribution >= 0.6 is 23.2 Å². The predicted molar refractivity (Wildman–Crippen MR) is 170 cm³/mol. The number of anilines is 1. The van der Waals surface area contributed by atoms with Gasteiger partial charge >= 0.3 is 0 Å². The average Bonchev–Trinajstić information content (AvgIpc) is 3.54. The number of amides is 2. The third-order valence-corrected chi connectivity index (χ3v) is 10.5. The number of hydrogen-bond acceptors (Lipinski definition) is 6. The van der Waals surface area contributed by atoms with E-state index in [4.69, 9.17) is 32.7 Å². The number of sulfonamides is 1. The second kappa shape index (κ2) is 14.3. The third-order valence-electron chi connectivity index (χ3n) is 7.97. The largest absolute Gasteiger partial charge is 0.486 e. The molecule has 5 rings (SSSR count). The van der Waals surface area contributed by atoms with Gasteiger partial charge in [0.05, 0.1) is 10.6 Å². The van der Waals surface area contributed by atoms with Crippen LogP contribution in [0.2, 0.25) is 10.0 Å². The van der Waals surface area contributed by atoms with E-state index in [9.17, 15) is 22.4 Å². The Balaban J connectivity index is 1.53. The number of nitrogens with one attached hydrogen (secondary N) is 1. The average molecular weight is 679 g/mol. The van der Waals surface area contributed by atoms with Crippen molar-refractivity contribution in [1.82, 2.24) is 10.2 Å². The molecule has 3 aromatic rings. The lowest BCUT2D eigenvalue weighted by molar-refractivity contribution is -0.140. The first-order chi connectivity index (χ1) is 21.6. The molecule has 0 radical (unpaired) electrons. The zero-order valence-electron chi connectivity index (χ0n) is 24.7. The van der Waals surface area contributed by atoms with E-state index in [1.807, 2.05) is 0 Å². The van der Waals surface area contributed by atoms with Crippen molar-refractivity contribution in [2.75, 3.05) is 24.1 Å². The second-order valence-electron chi connectivity index (χ2n) is 10.9. The van der Waals surface area contributed by atoms with Gasteiger partial charge in [-0.15, -0.1) is 0 Å². The van der Waals surface area contributed by atoms with E-state index in [-0.39, 0.29) is 47.9 Å². The third kappa shape index (κ3) is 7.48. The molecule has 0 bridgehead atoms. The summed E-state index contributed by atoms with van der Waals surface area (Å²) < 4.78 is 54.3. The van der Waals surface area contributed by atoms with Crippen LogP contribution in [-0.4, -0.2) is 57.0 Å². The first kappa shape index (κ1) is 32.8. The molecular weight excluding hydrogens is 644 g/mol. The van der Waals surface area contributed by atoms with Crippen LogP contribution in [0.3, 0.4) is 0 Å². The van der Waals surface area contributed by atoms with E-state index in [1.165, 1.54) is 35.2 Å². The number of carbonyl (C=O) groups excluding carboxylic acids is 2. The van der Waals surface area contributed by atoms with Gasteiger partial charge in [-0.1, -0.05) is 49.0 Å². The Hall–Kier alpha value is -3.54. The van der Waals surface area contributed by atoms with Crippen molar-refractivity contribution in [3.63, 3.8) is 0 Å². The molecule has 1 fully saturated rings. The molecule has 2 aliphatic rings. The van der Waals surface area contributed by atoms with Crippen molar-refractivity contribution in [2.45, 2.75) is 62.6 Å². The maximum Gasteiger partial charge on any atom is 0.264 e. The van der Waals surface area contributed by atoms with Gasteiger partial charge < -0.3 is 19.7 Å². The SMILES string of the molecule is CC[C@@H](C(=O)NC1CCCC1)N(Cc1c(Cl)cccc1Cl)C(=O)CN(c1ccc(F)cc1)S(=O)(=O)c1ccc2c(c1)OCCO2. The van der Waals surface area contributed by atoms with Crippen molar-refractivity contribution >= 4 is 50.7 Å². The van der Waals surface area contributed by atoms with Gasteiger partial charge in [0.15, 0.2) is 11.5 Å². The Kier molecular flexibility index (Phi) is 10.4. The van der Waals surface area contributed by atoms with Crippen molar-refractivity contribution < 1.29 is 31.9 Å². The zero-order chi connectivity index (χ0) is 32.1. The highest BCUT2D eigenvalue weighted by atomic mass is 35.5. The van der Waals surface area contributed by atoms with Crippen molar-refractivity contribution in [3.8, 4) is 11.5 Å². The van der Waals surface area contributed by atoms with Crippen LogP contribution in [0.1, 0.15) is 44.6 Å². The smallest absolute Gasteiger partial charge is 0.264 e. The molecule has 3 aromatic carbocycles. The maximum atomic E-state index is 14.3. The molecule has 0 saturated heterocycles. The fourth-order valence-corrected chi connectivity index (χ4v) is 7.54. The molecule has 1 atom stereocenters. The van der Waals surface area contributed by atoms with Gasteiger partial charge in [0.25, 0.3) is 10.0 Å². The second-order valence-corrected chi connectivity index (χ2v) is 13.6. The summed E-state index contributed by atoms with van der Waals surface area (Å²) in [6.07, 6.45) is 3.95. The molecule has 1 aliphatic heterocycles. The van der Waals surface area contributed by atoms with Gasteiger partial charge in [-0.25, -0.2) is 12.8 Å². The quantitative estimate of drug-likeness (QED) is 0.268.